The van der Waals surface area contributed by atoms with Crippen molar-refractivity contribution in [2.45, 2.75) is 75.8 Å². The minimum Gasteiger partial charge on any atom is -0.506 e. The maximum absolute atomic E-state index is 13.3. The highest BCUT2D eigenvalue weighted by Crippen LogP contribution is 2.41. The van der Waals surface area contributed by atoms with Gasteiger partial charge < -0.3 is 39.8 Å². The minimum absolute atomic E-state index is 0.0803. The number of aliphatic hydroxyl groups excluding tert-OH is 1. The number of amides is 2. The topological polar surface area (TPSA) is 162 Å². The molecule has 2 unspecified atom stereocenters. The SMILES string of the molecule is COc1cc(NC(=O)CCCc2ccc(-c3ccccc3)c(NC(=O)OC3CC4CC[C@H](C3)[N+]4(C)C)c2)c(Cl)cc1CNC[C@@H](O)c1ccc(O)c2[nH]c(=O)ccc12. The molecule has 7 rings (SSSR count). The first kappa shape index (κ1) is 40.8. The molecule has 2 aliphatic rings. The van der Waals surface area contributed by atoms with E-state index in [0.29, 0.717) is 64.6 Å². The summed E-state index contributed by atoms with van der Waals surface area (Å²) in [6.45, 7) is 0.464. The number of pyridine rings is 1. The average molecular weight is 809 g/mol. The first-order valence-electron chi connectivity index (χ1n) is 19.8. The van der Waals surface area contributed by atoms with E-state index in [4.69, 9.17) is 21.1 Å². The number of halogens is 1. The summed E-state index contributed by atoms with van der Waals surface area (Å²) in [5.41, 5.74) is 5.12. The quantitative estimate of drug-likeness (QED) is 0.0624. The van der Waals surface area contributed by atoms with Crippen molar-refractivity contribution in [3.8, 4) is 22.6 Å². The van der Waals surface area contributed by atoms with Crippen LogP contribution in [0.2, 0.25) is 5.02 Å². The number of aromatic hydroxyl groups is 1. The summed E-state index contributed by atoms with van der Waals surface area (Å²) in [5, 5.41) is 31.2. The van der Waals surface area contributed by atoms with Gasteiger partial charge in [0, 0.05) is 73.8 Å². The number of carbonyl (C=O) groups is 2. The predicted octanol–water partition coefficient (Wildman–Crippen LogP) is 7.67. The number of aliphatic hydroxyl groups is 1. The number of ether oxygens (including phenoxy) is 2. The fraction of sp³-hybridized carbons (Fsp3) is 0.356. The summed E-state index contributed by atoms with van der Waals surface area (Å²) in [6.07, 6.45) is 4.02. The molecule has 6 N–H and O–H groups in total. The van der Waals surface area contributed by atoms with Crippen LogP contribution in [0.15, 0.2) is 89.7 Å². The molecule has 0 aliphatic carbocycles. The van der Waals surface area contributed by atoms with E-state index in [1.165, 1.54) is 32.1 Å². The van der Waals surface area contributed by atoms with Crippen LogP contribution in [0.25, 0.3) is 22.0 Å². The van der Waals surface area contributed by atoms with Gasteiger partial charge in [0.05, 0.1) is 61.3 Å². The second kappa shape index (κ2) is 17.6. The van der Waals surface area contributed by atoms with Crippen molar-refractivity contribution in [2.24, 2.45) is 0 Å². The Labute approximate surface area is 342 Å². The Morgan fingerprint density at radius 3 is 2.45 bits per heavy atom. The number of phenols is 1. The van der Waals surface area contributed by atoms with Gasteiger partial charge in [-0.3, -0.25) is 14.9 Å². The van der Waals surface area contributed by atoms with Gasteiger partial charge in [-0.05, 0) is 53.8 Å². The maximum atomic E-state index is 13.3. The van der Waals surface area contributed by atoms with E-state index in [1.807, 2.05) is 48.5 Å². The number of benzene rings is 4. The number of hydrogen-bond donors (Lipinski definition) is 6. The number of aryl methyl sites for hydroxylation is 1. The van der Waals surface area contributed by atoms with E-state index in [1.54, 1.807) is 24.3 Å². The lowest BCUT2D eigenvalue weighted by Crippen LogP contribution is -2.56. The van der Waals surface area contributed by atoms with Crippen LogP contribution in [0.1, 0.15) is 61.3 Å². The molecule has 2 aliphatic heterocycles. The number of phenolic OH excluding ortho intramolecular Hbond substituents is 1. The normalized spacial score (nSPS) is 18.7. The van der Waals surface area contributed by atoms with Gasteiger partial charge in [0.15, 0.2) is 0 Å². The summed E-state index contributed by atoms with van der Waals surface area (Å²) in [7, 11) is 6.10. The first-order valence-corrected chi connectivity index (χ1v) is 20.2. The number of fused-ring (bicyclic) bond motifs is 3. The third-order valence-corrected chi connectivity index (χ3v) is 12.2. The molecule has 304 valence electrons. The number of aromatic nitrogens is 1. The molecule has 4 atom stereocenters. The Morgan fingerprint density at radius 2 is 1.71 bits per heavy atom. The summed E-state index contributed by atoms with van der Waals surface area (Å²) in [4.78, 5) is 40.8. The second-order valence-electron chi connectivity index (χ2n) is 15.9. The van der Waals surface area contributed by atoms with Crippen molar-refractivity contribution in [3.63, 3.8) is 0 Å². The van der Waals surface area contributed by atoms with Crippen molar-refractivity contribution < 1.29 is 33.8 Å². The van der Waals surface area contributed by atoms with Gasteiger partial charge in [0.25, 0.3) is 0 Å². The molecule has 5 aromatic rings. The molecule has 0 saturated carbocycles. The molecular formula is C45H51ClN5O7+. The lowest BCUT2D eigenvalue weighted by Gasteiger charge is -2.43. The molecule has 13 heteroatoms. The number of hydrogen-bond acceptors (Lipinski definition) is 8. The largest absolute Gasteiger partial charge is 0.506 e. The summed E-state index contributed by atoms with van der Waals surface area (Å²) in [5.74, 6) is 0.222. The highest BCUT2D eigenvalue weighted by molar-refractivity contribution is 6.33. The zero-order valence-corrected chi connectivity index (χ0v) is 33.8. The van der Waals surface area contributed by atoms with E-state index < -0.39 is 12.2 Å². The molecule has 2 fully saturated rings. The Morgan fingerprint density at radius 1 is 0.948 bits per heavy atom. The summed E-state index contributed by atoms with van der Waals surface area (Å²) < 4.78 is 12.6. The van der Waals surface area contributed by atoms with E-state index in [2.05, 4.69) is 35.0 Å². The summed E-state index contributed by atoms with van der Waals surface area (Å²) in [6, 6.07) is 26.3. The fourth-order valence-corrected chi connectivity index (χ4v) is 8.86. The molecule has 0 radical (unpaired) electrons. The van der Waals surface area contributed by atoms with Gasteiger partial charge in [-0.25, -0.2) is 4.79 Å². The standard InChI is InChI=1S/C45H50ClN5O7/c1-51(2)30-13-14-31(51)23-32(22-30)58-45(56)49-37-20-27(12-15-33(37)28-9-5-4-6-10-28)8-7-11-42(54)48-38-24-41(57-3)29(21-36(38)46)25-47-26-40(53)34-16-18-39(52)44-35(34)17-19-43(55)50-44/h4-6,9-10,12,15-21,24,30-32,40,47,53H,7-8,11,13-14,22-23,25-26H2,1-3H3,(H3-,48,49,50,52,54,55,56)/p+1/t30-,31?,32?,40-/m1/s1. The molecule has 58 heavy (non-hydrogen) atoms. The number of rotatable bonds is 14. The van der Waals surface area contributed by atoms with Crippen LogP contribution in [0.5, 0.6) is 11.5 Å². The number of nitrogens with one attached hydrogen (secondary N) is 4. The van der Waals surface area contributed by atoms with Gasteiger partial charge in [-0.2, -0.15) is 0 Å². The average Bonchev–Trinajstić information content (AvgIpc) is 3.32. The van der Waals surface area contributed by atoms with Gasteiger partial charge in [0.1, 0.15) is 17.6 Å². The Balaban J connectivity index is 0.936. The number of piperidine rings is 1. The van der Waals surface area contributed by atoms with Crippen LogP contribution < -0.4 is 26.2 Å². The zero-order valence-electron chi connectivity index (χ0n) is 33.0. The number of carbonyl (C=O) groups excluding carboxylic acids is 2. The lowest BCUT2D eigenvalue weighted by molar-refractivity contribution is -0.931. The fourth-order valence-electron chi connectivity index (χ4n) is 8.62. The third kappa shape index (κ3) is 9.16. The number of quaternary nitrogens is 1. The number of anilines is 2. The summed E-state index contributed by atoms with van der Waals surface area (Å²) >= 11 is 6.63. The van der Waals surface area contributed by atoms with E-state index in [-0.39, 0.29) is 41.8 Å². The van der Waals surface area contributed by atoms with Gasteiger partial charge in [-0.1, -0.05) is 60.1 Å². The molecule has 2 saturated heterocycles. The molecule has 12 nitrogen and oxygen atoms in total. The van der Waals surface area contributed by atoms with Crippen LogP contribution in [0.3, 0.4) is 0 Å². The monoisotopic (exact) mass is 808 g/mol. The van der Waals surface area contributed by atoms with Crippen LogP contribution >= 0.6 is 11.6 Å². The molecule has 4 aromatic carbocycles. The Kier molecular flexibility index (Phi) is 12.4. The van der Waals surface area contributed by atoms with Crippen LogP contribution in [0, 0.1) is 0 Å². The molecule has 0 spiro atoms. The molecule has 3 heterocycles. The van der Waals surface area contributed by atoms with Gasteiger partial charge in [-0.15, -0.1) is 0 Å². The van der Waals surface area contributed by atoms with Crippen molar-refractivity contribution in [1.29, 1.82) is 0 Å². The van der Waals surface area contributed by atoms with Crippen LogP contribution in [-0.4, -0.2) is 77.6 Å². The van der Waals surface area contributed by atoms with Crippen LogP contribution in [0.4, 0.5) is 16.2 Å². The van der Waals surface area contributed by atoms with E-state index in [9.17, 15) is 24.6 Å². The number of aromatic amines is 1. The lowest BCUT2D eigenvalue weighted by atomic mass is 9.98. The number of methoxy groups -OCH3 is 1. The minimum atomic E-state index is -0.941. The van der Waals surface area contributed by atoms with Crippen LogP contribution in [-0.2, 0) is 22.5 Å². The Hall–Kier alpha value is -5.40. The molecule has 1 aromatic heterocycles. The van der Waals surface area contributed by atoms with Crippen molar-refractivity contribution in [2.75, 3.05) is 38.4 Å². The molecule has 2 amide bonds. The highest BCUT2D eigenvalue weighted by Gasteiger charge is 2.50. The van der Waals surface area contributed by atoms with Crippen molar-refractivity contribution in [3.05, 3.63) is 117 Å². The van der Waals surface area contributed by atoms with Gasteiger partial charge >= 0.3 is 6.09 Å². The van der Waals surface area contributed by atoms with Crippen molar-refractivity contribution >= 4 is 45.9 Å². The van der Waals surface area contributed by atoms with Crippen molar-refractivity contribution in [1.82, 2.24) is 10.3 Å². The van der Waals surface area contributed by atoms with E-state index >= 15 is 0 Å². The Bertz CT molecular complexity index is 2330. The van der Waals surface area contributed by atoms with Gasteiger partial charge in [0.2, 0.25) is 11.5 Å². The molecular weight excluding hydrogens is 758 g/mol. The first-order chi connectivity index (χ1) is 27.9. The van der Waals surface area contributed by atoms with E-state index in [0.717, 1.165) is 39.6 Å². The predicted molar refractivity (Wildman–Crippen MR) is 226 cm³/mol. The highest BCUT2D eigenvalue weighted by atomic mass is 35.5. The smallest absolute Gasteiger partial charge is 0.411 e. The number of H-pyrrole nitrogens is 1. The second-order valence-corrected chi connectivity index (χ2v) is 16.3. The number of nitrogens with zero attached hydrogens (tertiary/aromatic N) is 1. The third-order valence-electron chi connectivity index (χ3n) is 11.9. The molecule has 2 bridgehead atoms. The zero-order chi connectivity index (χ0) is 41.0. The maximum Gasteiger partial charge on any atom is 0.411 e.